The molecule has 0 bridgehead atoms. The van der Waals surface area contributed by atoms with Crippen molar-refractivity contribution in [3.05, 3.63) is 59.0 Å². The number of nitrogens with zero attached hydrogens (tertiary/aromatic N) is 1. The Labute approximate surface area is 155 Å². The molecule has 28 heavy (non-hydrogen) atoms. The summed E-state index contributed by atoms with van der Waals surface area (Å²) in [5, 5.41) is 2.85. The number of hydrogen-bond donors (Lipinski definition) is 2. The number of alkyl halides is 6. The number of H-pyrrole nitrogens is 1. The van der Waals surface area contributed by atoms with E-state index in [0.717, 1.165) is 18.3 Å². The molecule has 0 fully saturated rings. The fourth-order valence-electron chi connectivity index (χ4n) is 2.74. The van der Waals surface area contributed by atoms with Crippen molar-refractivity contribution in [2.24, 2.45) is 0 Å². The first-order chi connectivity index (χ1) is 12.9. The third-order valence-corrected chi connectivity index (χ3v) is 4.06. The molecule has 2 N–H and O–H groups in total. The van der Waals surface area contributed by atoms with Crippen molar-refractivity contribution in [1.82, 2.24) is 15.3 Å². The average Bonchev–Trinajstić information content (AvgIpc) is 3.04. The predicted octanol–water partition coefficient (Wildman–Crippen LogP) is 2.79. The maximum Gasteiger partial charge on any atom is 0.433 e. The first kappa shape index (κ1) is 19.8. The van der Waals surface area contributed by atoms with Crippen molar-refractivity contribution < 1.29 is 31.1 Å². The highest BCUT2D eigenvalue weighted by atomic mass is 19.4. The number of rotatable bonds is 3. The molecule has 0 spiro atoms. The van der Waals surface area contributed by atoms with E-state index < -0.39 is 29.6 Å². The van der Waals surface area contributed by atoms with Crippen LogP contribution >= 0.6 is 0 Å². The van der Waals surface area contributed by atoms with Gasteiger partial charge in [-0.2, -0.15) is 26.3 Å². The van der Waals surface area contributed by atoms with Crippen molar-refractivity contribution in [2.45, 2.75) is 18.9 Å². The second kappa shape index (κ2) is 6.88. The van der Waals surface area contributed by atoms with Gasteiger partial charge in [0.2, 0.25) is 0 Å². The van der Waals surface area contributed by atoms with Gasteiger partial charge in [-0.1, -0.05) is 11.5 Å². The number of aromatic amines is 1. The van der Waals surface area contributed by atoms with Crippen LogP contribution < -0.4 is 10.8 Å². The summed E-state index contributed by atoms with van der Waals surface area (Å²) in [6.07, 6.45) is -8.29. The van der Waals surface area contributed by atoms with Crippen LogP contribution in [0, 0.1) is 0 Å². The van der Waals surface area contributed by atoms with Gasteiger partial charge in [0.25, 0.3) is 5.91 Å². The molecule has 0 radical (unpaired) electrons. The van der Waals surface area contributed by atoms with Gasteiger partial charge in [0.05, 0.1) is 5.56 Å². The molecule has 0 aliphatic carbocycles. The number of hydrogen-bond acceptors (Lipinski definition) is 2. The number of carbonyl (C=O) groups excluding carboxylic acids is 1. The maximum atomic E-state index is 12.8. The van der Waals surface area contributed by atoms with E-state index in [2.05, 4.69) is 15.3 Å². The normalized spacial score (nSPS) is 12.4. The molecule has 3 rings (SSSR count). The minimum Gasteiger partial charge on any atom is -0.351 e. The topological polar surface area (TPSA) is 57.8 Å². The van der Waals surface area contributed by atoms with Crippen LogP contribution in [-0.4, -0.2) is 23.7 Å². The fourth-order valence-corrected chi connectivity index (χ4v) is 2.74. The van der Waals surface area contributed by atoms with Crippen molar-refractivity contribution in [3.8, 4) is 0 Å². The maximum absolute atomic E-state index is 12.8. The number of amides is 1. The zero-order valence-electron chi connectivity index (χ0n) is 14.3. The molecule has 4 nitrogen and oxygen atoms in total. The number of aromatic nitrogens is 2. The van der Waals surface area contributed by atoms with Crippen LogP contribution in [0.5, 0.6) is 0 Å². The lowest BCUT2D eigenvalue weighted by molar-refractivity contribution is -0.141. The van der Waals surface area contributed by atoms with E-state index in [1.807, 2.05) is 0 Å². The number of benzene rings is 1. The van der Waals surface area contributed by atoms with Crippen LogP contribution in [0.1, 0.15) is 27.3 Å². The standard InChI is InChI=1S/C17H12BF6N3O/c18-11-4-8(3-10-5-13(17(22,23)24)27-14(10)11)6-26-15(28)9-1-2-12(25-7-9)16(19,20)21/h1-5,7,27H,6,18H2,(H,26,28). The molecular weight excluding hydrogens is 387 g/mol. The summed E-state index contributed by atoms with van der Waals surface area (Å²) in [6.45, 7) is -0.0107. The summed E-state index contributed by atoms with van der Waals surface area (Å²) in [6, 6.07) is 5.79. The van der Waals surface area contributed by atoms with Crippen molar-refractivity contribution >= 4 is 30.1 Å². The van der Waals surface area contributed by atoms with Crippen LogP contribution in [0.15, 0.2) is 36.5 Å². The molecule has 146 valence electrons. The first-order valence-electron chi connectivity index (χ1n) is 7.96. The Balaban J connectivity index is 1.75. The molecule has 1 amide bonds. The number of carbonyl (C=O) groups is 1. The van der Waals surface area contributed by atoms with Gasteiger partial charge in [-0.25, -0.2) is 0 Å². The minimum absolute atomic E-state index is 0.0107. The van der Waals surface area contributed by atoms with Gasteiger partial charge < -0.3 is 10.3 Å². The summed E-state index contributed by atoms with van der Waals surface area (Å²) in [7, 11) is 1.63. The summed E-state index contributed by atoms with van der Waals surface area (Å²) in [4.78, 5) is 17.6. The summed E-state index contributed by atoms with van der Waals surface area (Å²) in [5.74, 6) is -0.649. The third-order valence-electron chi connectivity index (χ3n) is 4.06. The van der Waals surface area contributed by atoms with Gasteiger partial charge in [0.1, 0.15) is 19.2 Å². The molecule has 1 aromatic carbocycles. The molecule has 0 unspecified atom stereocenters. The van der Waals surface area contributed by atoms with Gasteiger partial charge in [-0.15, -0.1) is 0 Å². The van der Waals surface area contributed by atoms with Crippen LogP contribution in [0.3, 0.4) is 0 Å². The van der Waals surface area contributed by atoms with E-state index in [1.54, 1.807) is 13.9 Å². The largest absolute Gasteiger partial charge is 0.433 e. The van der Waals surface area contributed by atoms with Gasteiger partial charge >= 0.3 is 12.4 Å². The summed E-state index contributed by atoms with van der Waals surface area (Å²) < 4.78 is 76.0. The molecule has 0 saturated heterocycles. The molecule has 11 heteroatoms. The molecule has 3 aromatic rings. The second-order valence-electron chi connectivity index (χ2n) is 6.17. The zero-order valence-corrected chi connectivity index (χ0v) is 14.3. The second-order valence-corrected chi connectivity index (χ2v) is 6.17. The predicted molar refractivity (Wildman–Crippen MR) is 91.9 cm³/mol. The number of halogens is 6. The first-order valence-corrected chi connectivity index (χ1v) is 7.96. The van der Waals surface area contributed by atoms with Crippen LogP contribution in [0.4, 0.5) is 26.3 Å². The van der Waals surface area contributed by atoms with E-state index in [9.17, 15) is 31.1 Å². The lowest BCUT2D eigenvalue weighted by Crippen LogP contribution is -2.24. The van der Waals surface area contributed by atoms with E-state index in [-0.39, 0.29) is 12.1 Å². The molecule has 2 heterocycles. The van der Waals surface area contributed by atoms with Gasteiger partial charge in [-0.05, 0) is 35.2 Å². The summed E-state index contributed by atoms with van der Waals surface area (Å²) >= 11 is 0. The molecule has 2 aromatic heterocycles. The highest BCUT2D eigenvalue weighted by Gasteiger charge is 2.33. The number of pyridine rings is 1. The SMILES string of the molecule is Bc1cc(CNC(=O)c2ccc(C(F)(F)F)nc2)cc2cc(C(F)(F)F)[nH]c12. The Morgan fingerprint density at radius 3 is 2.36 bits per heavy atom. The highest BCUT2D eigenvalue weighted by Crippen LogP contribution is 2.31. The van der Waals surface area contributed by atoms with Crippen molar-refractivity contribution in [1.29, 1.82) is 0 Å². The number of fused-ring (bicyclic) bond motifs is 1. The van der Waals surface area contributed by atoms with E-state index >= 15 is 0 Å². The Morgan fingerprint density at radius 2 is 1.79 bits per heavy atom. The molecule has 0 atom stereocenters. The molecule has 0 saturated carbocycles. The highest BCUT2D eigenvalue weighted by molar-refractivity contribution is 6.38. The lowest BCUT2D eigenvalue weighted by atomic mass is 9.92. The zero-order chi connectivity index (χ0) is 20.7. The van der Waals surface area contributed by atoms with Crippen LogP contribution in [0.2, 0.25) is 0 Å². The van der Waals surface area contributed by atoms with Crippen molar-refractivity contribution in [3.63, 3.8) is 0 Å². The van der Waals surface area contributed by atoms with Gasteiger partial charge in [-0.3, -0.25) is 9.78 Å². The smallest absolute Gasteiger partial charge is 0.351 e. The minimum atomic E-state index is -4.60. The Kier molecular flexibility index (Phi) is 4.86. The fraction of sp³-hybridized carbons (Fsp3) is 0.176. The number of nitrogens with one attached hydrogen (secondary N) is 2. The quantitative estimate of drug-likeness (QED) is 0.526. The summed E-state index contributed by atoms with van der Waals surface area (Å²) in [5.41, 5.74) is -0.596. The molecule has 0 aliphatic heterocycles. The Hall–Kier alpha value is -2.98. The van der Waals surface area contributed by atoms with Crippen LogP contribution in [0.25, 0.3) is 10.9 Å². The van der Waals surface area contributed by atoms with E-state index in [1.165, 1.54) is 6.07 Å². The van der Waals surface area contributed by atoms with Gasteiger partial charge in [0.15, 0.2) is 0 Å². The van der Waals surface area contributed by atoms with Gasteiger partial charge in [0, 0.05) is 18.3 Å². The Morgan fingerprint density at radius 1 is 1.07 bits per heavy atom. The molecule has 0 aliphatic rings. The average molecular weight is 399 g/mol. The molecular formula is C17H12BF6N3O. The van der Waals surface area contributed by atoms with Crippen LogP contribution in [-0.2, 0) is 18.9 Å². The van der Waals surface area contributed by atoms with E-state index in [0.29, 0.717) is 28.0 Å². The van der Waals surface area contributed by atoms with E-state index in [4.69, 9.17) is 0 Å². The monoisotopic (exact) mass is 399 g/mol. The van der Waals surface area contributed by atoms with Crippen molar-refractivity contribution in [2.75, 3.05) is 0 Å². The third kappa shape index (κ3) is 4.13. The Bertz CT molecular complexity index is 1020. The lowest BCUT2D eigenvalue weighted by Gasteiger charge is -2.09.